The molecule has 1 aromatic heterocycles. The first kappa shape index (κ1) is 14.1. The Morgan fingerprint density at radius 2 is 2.25 bits per heavy atom. The molecule has 4 N–H and O–H groups in total. The maximum absolute atomic E-state index is 9.32. The van der Waals surface area contributed by atoms with Crippen LogP contribution in [-0.2, 0) is 0 Å². The molecule has 1 heterocycles. The van der Waals surface area contributed by atoms with E-state index in [1.54, 1.807) is 18.3 Å². The fourth-order valence-corrected chi connectivity index (χ4v) is 3.45. The van der Waals surface area contributed by atoms with Crippen LogP contribution < -0.4 is 11.1 Å². The third kappa shape index (κ3) is 4.14. The number of aliphatic hydroxyl groups excluding tert-OH is 1. The van der Waals surface area contributed by atoms with Crippen LogP contribution in [0, 0.1) is 0 Å². The van der Waals surface area contributed by atoms with Gasteiger partial charge in [-0.25, -0.2) is 0 Å². The van der Waals surface area contributed by atoms with E-state index in [1.165, 1.54) is 4.88 Å². The molecule has 1 rings (SSSR count). The summed E-state index contributed by atoms with van der Waals surface area (Å²) in [6.07, 6.45) is 0.451. The summed E-state index contributed by atoms with van der Waals surface area (Å²) < 4.78 is 1.10. The first-order valence-electron chi connectivity index (χ1n) is 5.41. The number of thiophene rings is 1. The molecule has 5 heteroatoms. The van der Waals surface area contributed by atoms with Crippen molar-refractivity contribution in [1.82, 2.24) is 5.32 Å². The van der Waals surface area contributed by atoms with E-state index in [2.05, 4.69) is 28.2 Å². The first-order chi connectivity index (χ1) is 7.54. The zero-order valence-electron chi connectivity index (χ0n) is 9.61. The molecule has 0 aliphatic carbocycles. The van der Waals surface area contributed by atoms with E-state index in [4.69, 9.17) is 5.73 Å². The number of nitrogens with two attached hydrogens (primary N) is 1. The van der Waals surface area contributed by atoms with Crippen molar-refractivity contribution >= 4 is 27.3 Å². The molecule has 1 aromatic rings. The topological polar surface area (TPSA) is 58.3 Å². The summed E-state index contributed by atoms with van der Waals surface area (Å²) in [5.74, 6) is 0. The lowest BCUT2D eigenvalue weighted by Crippen LogP contribution is -2.36. The molecule has 0 bridgehead atoms. The van der Waals surface area contributed by atoms with E-state index < -0.39 is 0 Å². The highest BCUT2D eigenvalue weighted by atomic mass is 79.9. The highest BCUT2D eigenvalue weighted by Gasteiger charge is 2.17. The summed E-state index contributed by atoms with van der Waals surface area (Å²) >= 11 is 5.21. The van der Waals surface area contributed by atoms with Gasteiger partial charge in [0, 0.05) is 21.9 Å². The van der Waals surface area contributed by atoms with Gasteiger partial charge in [-0.1, -0.05) is 0 Å². The first-order valence-corrected chi connectivity index (χ1v) is 7.09. The average Bonchev–Trinajstić information content (AvgIpc) is 2.60. The summed E-state index contributed by atoms with van der Waals surface area (Å²) in [5, 5.41) is 14.8. The molecule has 3 unspecified atom stereocenters. The average molecular weight is 307 g/mol. The van der Waals surface area contributed by atoms with Crippen LogP contribution >= 0.6 is 27.3 Å². The minimum Gasteiger partial charge on any atom is -0.393 e. The van der Waals surface area contributed by atoms with E-state index in [9.17, 15) is 5.11 Å². The molecule has 16 heavy (non-hydrogen) atoms. The van der Waals surface area contributed by atoms with Gasteiger partial charge in [0.2, 0.25) is 0 Å². The van der Waals surface area contributed by atoms with Crippen LogP contribution in [0.4, 0.5) is 0 Å². The Morgan fingerprint density at radius 1 is 1.56 bits per heavy atom. The summed E-state index contributed by atoms with van der Waals surface area (Å²) in [6, 6.07) is 2.44. The standard InChI is InChI=1S/C11H19BrN2OS/c1-7(5-8(2)15)14-10(6-13)11-9(12)3-4-16-11/h3-4,7-8,10,14-15H,5-6,13H2,1-2H3. The number of halogens is 1. The Bertz CT molecular complexity index is 317. The summed E-state index contributed by atoms with van der Waals surface area (Å²) in [6.45, 7) is 4.43. The third-order valence-corrected chi connectivity index (χ3v) is 4.36. The molecule has 0 fully saturated rings. The molecule has 92 valence electrons. The molecule has 0 aliphatic heterocycles. The van der Waals surface area contributed by atoms with Gasteiger partial charge in [0.05, 0.1) is 12.1 Å². The van der Waals surface area contributed by atoms with Gasteiger partial charge < -0.3 is 16.2 Å². The number of hydrogen-bond acceptors (Lipinski definition) is 4. The van der Waals surface area contributed by atoms with Crippen molar-refractivity contribution in [3.05, 3.63) is 20.8 Å². The minimum absolute atomic E-state index is 0.156. The van der Waals surface area contributed by atoms with Crippen molar-refractivity contribution in [3.63, 3.8) is 0 Å². The van der Waals surface area contributed by atoms with Crippen molar-refractivity contribution in [2.45, 2.75) is 38.5 Å². The molecule has 0 radical (unpaired) electrons. The maximum Gasteiger partial charge on any atom is 0.0552 e. The summed E-state index contributed by atoms with van der Waals surface area (Å²) in [5.41, 5.74) is 5.77. The minimum atomic E-state index is -0.285. The second kappa shape index (κ2) is 6.71. The smallest absolute Gasteiger partial charge is 0.0552 e. The van der Waals surface area contributed by atoms with Crippen LogP contribution in [-0.4, -0.2) is 23.8 Å². The van der Waals surface area contributed by atoms with Gasteiger partial charge in [0.1, 0.15) is 0 Å². The van der Waals surface area contributed by atoms with E-state index in [-0.39, 0.29) is 18.2 Å². The van der Waals surface area contributed by atoms with Crippen molar-refractivity contribution in [2.75, 3.05) is 6.54 Å². The van der Waals surface area contributed by atoms with E-state index in [0.717, 1.165) is 10.9 Å². The van der Waals surface area contributed by atoms with Gasteiger partial charge in [0.15, 0.2) is 0 Å². The molecular weight excluding hydrogens is 288 g/mol. The highest BCUT2D eigenvalue weighted by molar-refractivity contribution is 9.10. The zero-order valence-corrected chi connectivity index (χ0v) is 12.0. The Labute approximate surface area is 109 Å². The van der Waals surface area contributed by atoms with Crippen LogP contribution in [0.25, 0.3) is 0 Å². The molecule has 0 spiro atoms. The predicted molar refractivity (Wildman–Crippen MR) is 72.7 cm³/mol. The van der Waals surface area contributed by atoms with Crippen LogP contribution in [0.5, 0.6) is 0 Å². The SMILES string of the molecule is CC(O)CC(C)NC(CN)c1sccc1Br. The van der Waals surface area contributed by atoms with Gasteiger partial charge in [0.25, 0.3) is 0 Å². The Hall–Kier alpha value is 0.0600. The number of nitrogens with one attached hydrogen (secondary N) is 1. The van der Waals surface area contributed by atoms with E-state index in [0.29, 0.717) is 6.54 Å². The molecule has 0 saturated heterocycles. The zero-order chi connectivity index (χ0) is 12.1. The van der Waals surface area contributed by atoms with Crippen molar-refractivity contribution in [2.24, 2.45) is 5.73 Å². The summed E-state index contributed by atoms with van der Waals surface area (Å²) in [4.78, 5) is 1.22. The van der Waals surface area contributed by atoms with Gasteiger partial charge in [-0.2, -0.15) is 0 Å². The van der Waals surface area contributed by atoms with Crippen LogP contribution in [0.2, 0.25) is 0 Å². The Morgan fingerprint density at radius 3 is 2.69 bits per heavy atom. The molecular formula is C11H19BrN2OS. The lowest BCUT2D eigenvalue weighted by Gasteiger charge is -2.22. The lowest BCUT2D eigenvalue weighted by atomic mass is 10.1. The fourth-order valence-electron chi connectivity index (χ4n) is 1.73. The van der Waals surface area contributed by atoms with Crippen molar-refractivity contribution in [1.29, 1.82) is 0 Å². The maximum atomic E-state index is 9.32. The largest absolute Gasteiger partial charge is 0.393 e. The van der Waals surface area contributed by atoms with E-state index in [1.807, 2.05) is 11.4 Å². The third-order valence-electron chi connectivity index (χ3n) is 2.38. The number of rotatable bonds is 6. The van der Waals surface area contributed by atoms with Gasteiger partial charge in [-0.3, -0.25) is 0 Å². The second-order valence-corrected chi connectivity index (χ2v) is 5.88. The van der Waals surface area contributed by atoms with Crippen molar-refractivity contribution < 1.29 is 5.11 Å². The predicted octanol–water partition coefficient (Wildman–Crippen LogP) is 2.26. The molecule has 0 aliphatic rings. The molecule has 0 saturated carbocycles. The molecule has 0 amide bonds. The van der Waals surface area contributed by atoms with E-state index >= 15 is 0 Å². The quantitative estimate of drug-likeness (QED) is 0.755. The van der Waals surface area contributed by atoms with Gasteiger partial charge >= 0.3 is 0 Å². The molecule has 3 nitrogen and oxygen atoms in total. The lowest BCUT2D eigenvalue weighted by molar-refractivity contribution is 0.168. The Balaban J connectivity index is 2.59. The summed E-state index contributed by atoms with van der Waals surface area (Å²) in [7, 11) is 0. The van der Waals surface area contributed by atoms with Crippen LogP contribution in [0.15, 0.2) is 15.9 Å². The molecule has 0 aromatic carbocycles. The fraction of sp³-hybridized carbons (Fsp3) is 0.636. The number of aliphatic hydroxyl groups is 1. The second-order valence-electron chi connectivity index (χ2n) is 4.07. The normalized spacial score (nSPS) is 17.1. The van der Waals surface area contributed by atoms with Gasteiger partial charge in [-0.15, -0.1) is 11.3 Å². The van der Waals surface area contributed by atoms with Crippen LogP contribution in [0.3, 0.4) is 0 Å². The van der Waals surface area contributed by atoms with Crippen molar-refractivity contribution in [3.8, 4) is 0 Å². The van der Waals surface area contributed by atoms with Crippen LogP contribution in [0.1, 0.15) is 31.2 Å². The Kier molecular flexibility index (Phi) is 5.92. The number of hydrogen-bond donors (Lipinski definition) is 3. The molecule has 3 atom stereocenters. The van der Waals surface area contributed by atoms with Gasteiger partial charge in [-0.05, 0) is 47.6 Å². The monoisotopic (exact) mass is 306 g/mol. The highest BCUT2D eigenvalue weighted by Crippen LogP contribution is 2.28.